The lowest BCUT2D eigenvalue weighted by molar-refractivity contribution is 0.116. The second-order valence-electron chi connectivity index (χ2n) is 4.43. The fraction of sp³-hybridized carbons (Fsp3) is 0.571. The van der Waals surface area contributed by atoms with Crippen molar-refractivity contribution in [3.63, 3.8) is 0 Å². The summed E-state index contributed by atoms with van der Waals surface area (Å²) in [7, 11) is 0. The first-order chi connectivity index (χ1) is 8.40. The Morgan fingerprint density at radius 3 is 2.65 bits per heavy atom. The van der Waals surface area contributed by atoms with Crippen molar-refractivity contribution in [3.8, 4) is 0 Å². The molecule has 0 aliphatic carbocycles. The Balaban J connectivity index is 1.44. The maximum Gasteiger partial charge on any atom is 0.107 e. The van der Waals surface area contributed by atoms with Crippen LogP contribution in [0.4, 0.5) is 0 Å². The van der Waals surface area contributed by atoms with Gasteiger partial charge in [0.25, 0.3) is 0 Å². The van der Waals surface area contributed by atoms with E-state index in [1.54, 1.807) is 0 Å². The quantitative estimate of drug-likeness (QED) is 0.555. The minimum atomic E-state index is 0.111. The molecular weight excluding hydrogens is 216 g/mol. The zero-order chi connectivity index (χ0) is 11.9. The van der Waals surface area contributed by atoms with Crippen LogP contribution in [0, 0.1) is 0 Å². The molecule has 94 valence electrons. The predicted octanol–water partition coefficient (Wildman–Crippen LogP) is 2.13. The van der Waals surface area contributed by atoms with Gasteiger partial charge in [-0.25, -0.2) is 0 Å². The highest BCUT2D eigenvalue weighted by Gasteiger charge is 2.36. The summed E-state index contributed by atoms with van der Waals surface area (Å²) in [6, 6.07) is 10.2. The van der Waals surface area contributed by atoms with Gasteiger partial charge < -0.3 is 14.6 Å². The molecule has 1 N–H and O–H groups in total. The van der Waals surface area contributed by atoms with Crippen LogP contribution in [0.25, 0.3) is 0 Å². The predicted molar refractivity (Wildman–Crippen MR) is 65.7 cm³/mol. The van der Waals surface area contributed by atoms with Gasteiger partial charge in [-0.2, -0.15) is 0 Å². The van der Waals surface area contributed by atoms with Crippen molar-refractivity contribution in [2.24, 2.45) is 0 Å². The summed E-state index contributed by atoms with van der Waals surface area (Å²) >= 11 is 0. The van der Waals surface area contributed by atoms with E-state index in [0.29, 0.717) is 12.7 Å². The van der Waals surface area contributed by atoms with E-state index in [1.165, 1.54) is 5.56 Å². The molecule has 0 bridgehead atoms. The van der Waals surface area contributed by atoms with Gasteiger partial charge in [0.2, 0.25) is 0 Å². The Morgan fingerprint density at radius 2 is 1.94 bits per heavy atom. The Labute approximate surface area is 102 Å². The van der Waals surface area contributed by atoms with E-state index in [1.807, 2.05) is 18.2 Å². The van der Waals surface area contributed by atoms with Gasteiger partial charge in [-0.3, -0.25) is 0 Å². The molecule has 1 aliphatic rings. The Hall–Kier alpha value is -0.900. The standard InChI is InChI=1S/C14H20O3/c15-10-14-13(17-14)8-4-5-9-16-11-12-6-2-1-3-7-12/h1-3,6-7,13-15H,4-5,8-11H2/t13-,14+/m0/s1. The summed E-state index contributed by atoms with van der Waals surface area (Å²) in [4.78, 5) is 0. The van der Waals surface area contributed by atoms with Gasteiger partial charge in [-0.15, -0.1) is 0 Å². The molecule has 0 radical (unpaired) electrons. The molecule has 1 saturated heterocycles. The summed E-state index contributed by atoms with van der Waals surface area (Å²) < 4.78 is 10.8. The molecule has 3 nitrogen and oxygen atoms in total. The SMILES string of the molecule is OC[C@H]1O[C@H]1CCCCOCc1ccccc1. The average Bonchev–Trinajstić information content (AvgIpc) is 3.13. The van der Waals surface area contributed by atoms with E-state index in [2.05, 4.69) is 12.1 Å². The van der Waals surface area contributed by atoms with Crippen molar-refractivity contribution in [2.75, 3.05) is 13.2 Å². The summed E-state index contributed by atoms with van der Waals surface area (Å²) in [5, 5.41) is 8.79. The lowest BCUT2D eigenvalue weighted by atomic mass is 10.1. The van der Waals surface area contributed by atoms with Gasteiger partial charge in [-0.1, -0.05) is 30.3 Å². The molecule has 1 heterocycles. The smallest absolute Gasteiger partial charge is 0.107 e. The highest BCUT2D eigenvalue weighted by atomic mass is 16.6. The number of aliphatic hydroxyl groups excluding tert-OH is 1. The Morgan fingerprint density at radius 1 is 1.12 bits per heavy atom. The third kappa shape index (κ3) is 4.46. The van der Waals surface area contributed by atoms with Gasteiger partial charge in [0.1, 0.15) is 6.10 Å². The Kier molecular flexibility index (Phi) is 4.98. The summed E-state index contributed by atoms with van der Waals surface area (Å²) in [5.41, 5.74) is 1.22. The Bertz CT molecular complexity index is 313. The van der Waals surface area contributed by atoms with Crippen LogP contribution in [0.1, 0.15) is 24.8 Å². The number of hydrogen-bond acceptors (Lipinski definition) is 3. The first kappa shape index (κ1) is 12.6. The molecule has 2 atom stereocenters. The van der Waals surface area contributed by atoms with Crippen LogP contribution >= 0.6 is 0 Å². The van der Waals surface area contributed by atoms with E-state index >= 15 is 0 Å². The van der Waals surface area contributed by atoms with Gasteiger partial charge in [0.15, 0.2) is 0 Å². The monoisotopic (exact) mass is 236 g/mol. The number of unbranched alkanes of at least 4 members (excludes halogenated alkanes) is 1. The lowest BCUT2D eigenvalue weighted by Gasteiger charge is -2.03. The summed E-state index contributed by atoms with van der Waals surface area (Å²) in [6.45, 7) is 1.65. The number of aliphatic hydroxyl groups is 1. The zero-order valence-corrected chi connectivity index (χ0v) is 10.0. The largest absolute Gasteiger partial charge is 0.394 e. The first-order valence-electron chi connectivity index (χ1n) is 6.28. The minimum Gasteiger partial charge on any atom is -0.394 e. The van der Waals surface area contributed by atoms with Crippen molar-refractivity contribution in [3.05, 3.63) is 35.9 Å². The van der Waals surface area contributed by atoms with Crippen LogP contribution in [0.3, 0.4) is 0 Å². The van der Waals surface area contributed by atoms with Crippen LogP contribution < -0.4 is 0 Å². The summed E-state index contributed by atoms with van der Waals surface area (Å²) in [6.07, 6.45) is 3.62. The molecule has 0 saturated carbocycles. The van der Waals surface area contributed by atoms with Crippen LogP contribution in [-0.2, 0) is 16.1 Å². The molecule has 0 unspecified atom stereocenters. The highest BCUT2D eigenvalue weighted by molar-refractivity contribution is 5.13. The molecule has 1 aliphatic heterocycles. The van der Waals surface area contributed by atoms with Crippen LogP contribution in [0.2, 0.25) is 0 Å². The second kappa shape index (κ2) is 6.74. The van der Waals surface area contributed by atoms with Gasteiger partial charge in [-0.05, 0) is 24.8 Å². The highest BCUT2D eigenvalue weighted by Crippen LogP contribution is 2.26. The molecule has 1 aromatic rings. The lowest BCUT2D eigenvalue weighted by Crippen LogP contribution is -2.00. The van der Waals surface area contributed by atoms with Crippen molar-refractivity contribution < 1.29 is 14.6 Å². The maximum absolute atomic E-state index is 8.79. The molecule has 3 heteroatoms. The molecular formula is C14H20O3. The normalized spacial score (nSPS) is 22.6. The van der Waals surface area contributed by atoms with Gasteiger partial charge in [0.05, 0.1) is 19.3 Å². The number of epoxide rings is 1. The average molecular weight is 236 g/mol. The minimum absolute atomic E-state index is 0.111. The molecule has 1 fully saturated rings. The number of hydrogen-bond donors (Lipinski definition) is 1. The topological polar surface area (TPSA) is 42.0 Å². The van der Waals surface area contributed by atoms with E-state index < -0.39 is 0 Å². The van der Waals surface area contributed by atoms with Crippen molar-refractivity contribution in [2.45, 2.75) is 38.1 Å². The van der Waals surface area contributed by atoms with Crippen molar-refractivity contribution >= 4 is 0 Å². The zero-order valence-electron chi connectivity index (χ0n) is 10.0. The van der Waals surface area contributed by atoms with E-state index in [9.17, 15) is 0 Å². The molecule has 2 rings (SSSR count). The summed E-state index contributed by atoms with van der Waals surface area (Å²) in [5.74, 6) is 0. The van der Waals surface area contributed by atoms with Crippen molar-refractivity contribution in [1.82, 2.24) is 0 Å². The fourth-order valence-corrected chi connectivity index (χ4v) is 1.91. The van der Waals surface area contributed by atoms with Gasteiger partial charge >= 0.3 is 0 Å². The maximum atomic E-state index is 8.79. The van der Waals surface area contributed by atoms with E-state index in [-0.39, 0.29) is 12.7 Å². The van der Waals surface area contributed by atoms with Crippen LogP contribution in [0.5, 0.6) is 0 Å². The van der Waals surface area contributed by atoms with Crippen molar-refractivity contribution in [1.29, 1.82) is 0 Å². The van der Waals surface area contributed by atoms with E-state index in [0.717, 1.165) is 25.9 Å². The van der Waals surface area contributed by atoms with Crippen LogP contribution in [0.15, 0.2) is 30.3 Å². The number of benzene rings is 1. The molecule has 0 aromatic heterocycles. The first-order valence-corrected chi connectivity index (χ1v) is 6.28. The van der Waals surface area contributed by atoms with Crippen LogP contribution in [-0.4, -0.2) is 30.5 Å². The number of ether oxygens (including phenoxy) is 2. The third-order valence-electron chi connectivity index (χ3n) is 3.01. The molecule has 17 heavy (non-hydrogen) atoms. The molecule has 0 amide bonds. The fourth-order valence-electron chi connectivity index (χ4n) is 1.91. The number of rotatable bonds is 8. The van der Waals surface area contributed by atoms with Gasteiger partial charge in [0, 0.05) is 6.61 Å². The molecule has 1 aromatic carbocycles. The molecule has 0 spiro atoms. The van der Waals surface area contributed by atoms with E-state index in [4.69, 9.17) is 14.6 Å². The third-order valence-corrected chi connectivity index (χ3v) is 3.01. The second-order valence-corrected chi connectivity index (χ2v) is 4.43.